The average Bonchev–Trinajstić information content (AvgIpc) is 3.21. The van der Waals surface area contributed by atoms with Crippen molar-refractivity contribution in [3.8, 4) is 0 Å². The molecule has 6 rings (SSSR count). The quantitative estimate of drug-likeness (QED) is 0.0881. The van der Waals surface area contributed by atoms with Gasteiger partial charge in [0, 0.05) is 0 Å². The van der Waals surface area contributed by atoms with E-state index in [1.165, 1.54) is 0 Å². The van der Waals surface area contributed by atoms with E-state index in [-0.39, 0.29) is 26.4 Å². The van der Waals surface area contributed by atoms with Crippen molar-refractivity contribution in [2.75, 3.05) is 19.8 Å². The molecule has 16 nitrogen and oxygen atoms in total. The Labute approximate surface area is 317 Å². The minimum absolute atomic E-state index is 0.0614. The molecule has 0 aliphatic carbocycles. The number of hydrogen-bond acceptors (Lipinski definition) is 16. The zero-order valence-electron chi connectivity index (χ0n) is 29.9. The fourth-order valence-corrected chi connectivity index (χ4v) is 6.78. The Kier molecular flexibility index (Phi) is 15.1. The SMILES string of the molecule is OC[C@H]1O[C@@H](O[C@H]2[C@H](O)[C@@H](O)[C@H](O[C@H]3[C@H](OCc4ccccc4)[C@@H](OCc4ccccc4)[C@@H](O)O[C@@H]3COCc3ccccc3)O[C@@H]2CO)[C@H](O)[C@@H](O)[C@@H]1O. The molecule has 3 fully saturated rings. The van der Waals surface area contributed by atoms with Crippen molar-refractivity contribution in [2.24, 2.45) is 0 Å². The number of benzene rings is 3. The second-order valence-electron chi connectivity index (χ2n) is 13.7. The third-order valence-electron chi connectivity index (χ3n) is 9.83. The number of ether oxygens (including phenoxy) is 8. The molecular weight excluding hydrogens is 724 g/mol. The Balaban J connectivity index is 1.25. The maximum atomic E-state index is 11.4. The molecule has 0 amide bonds. The van der Waals surface area contributed by atoms with Crippen LogP contribution in [0.5, 0.6) is 0 Å². The zero-order chi connectivity index (χ0) is 38.9. The standard InChI is InChI=1S/C39H50O16/c40-16-25-28(42)29(43)31(45)38(52-25)54-33-26(17-41)53-39(32(46)30(33)44)55-34-27(21-48-18-22-10-4-1-5-11-22)51-37(47)36(50-20-24-14-8-3-9-15-24)35(34)49-19-23-12-6-2-7-13-23/h1-15,25-47H,16-21H2/t25-,26-,27-,28-,29+,30-,31-,32-,33-,34-,35+,36-,37+,38+,39+/m1/s1. The summed E-state index contributed by atoms with van der Waals surface area (Å²) in [4.78, 5) is 0. The molecule has 3 aromatic carbocycles. The largest absolute Gasteiger partial charge is 0.394 e. The lowest BCUT2D eigenvalue weighted by Crippen LogP contribution is -2.67. The summed E-state index contributed by atoms with van der Waals surface area (Å²) in [5.41, 5.74) is 2.49. The second kappa shape index (κ2) is 19.9. The molecule has 3 aliphatic heterocycles. The molecule has 302 valence electrons. The molecule has 0 aromatic heterocycles. The van der Waals surface area contributed by atoms with E-state index in [1.807, 2.05) is 91.0 Å². The topological polar surface area (TPSA) is 236 Å². The van der Waals surface area contributed by atoms with Crippen molar-refractivity contribution >= 4 is 0 Å². The summed E-state index contributed by atoms with van der Waals surface area (Å²) in [5.74, 6) is 0. The van der Waals surface area contributed by atoms with Crippen LogP contribution in [-0.4, -0.2) is 153 Å². The van der Waals surface area contributed by atoms with Gasteiger partial charge in [-0.25, -0.2) is 0 Å². The fraction of sp³-hybridized carbons (Fsp3) is 0.538. The first-order valence-corrected chi connectivity index (χ1v) is 18.2. The van der Waals surface area contributed by atoms with Gasteiger partial charge in [-0.05, 0) is 16.7 Å². The zero-order valence-corrected chi connectivity index (χ0v) is 29.9. The van der Waals surface area contributed by atoms with Crippen LogP contribution in [0.25, 0.3) is 0 Å². The van der Waals surface area contributed by atoms with Gasteiger partial charge in [0.2, 0.25) is 0 Å². The van der Waals surface area contributed by atoms with Crippen LogP contribution >= 0.6 is 0 Å². The van der Waals surface area contributed by atoms with Crippen LogP contribution in [0.15, 0.2) is 91.0 Å². The first kappa shape index (κ1) is 41.6. The highest BCUT2D eigenvalue weighted by Gasteiger charge is 2.54. The molecule has 0 radical (unpaired) electrons. The van der Waals surface area contributed by atoms with Crippen LogP contribution in [0, 0.1) is 0 Å². The molecular formula is C39H50O16. The molecule has 3 saturated heterocycles. The Morgan fingerprint density at radius 2 is 0.909 bits per heavy atom. The summed E-state index contributed by atoms with van der Waals surface area (Å²) in [6.45, 7) is -1.29. The van der Waals surface area contributed by atoms with Crippen LogP contribution in [0.3, 0.4) is 0 Å². The Morgan fingerprint density at radius 3 is 1.45 bits per heavy atom. The van der Waals surface area contributed by atoms with Gasteiger partial charge in [-0.1, -0.05) is 91.0 Å². The summed E-state index contributed by atoms with van der Waals surface area (Å²) in [7, 11) is 0. The van der Waals surface area contributed by atoms with Crippen LogP contribution < -0.4 is 0 Å². The molecule has 16 heteroatoms. The van der Waals surface area contributed by atoms with E-state index >= 15 is 0 Å². The van der Waals surface area contributed by atoms with Gasteiger partial charge >= 0.3 is 0 Å². The van der Waals surface area contributed by atoms with Gasteiger partial charge in [0.15, 0.2) is 18.9 Å². The maximum absolute atomic E-state index is 11.4. The second-order valence-corrected chi connectivity index (χ2v) is 13.7. The average molecular weight is 775 g/mol. The lowest BCUT2D eigenvalue weighted by atomic mass is 9.95. The van der Waals surface area contributed by atoms with Crippen LogP contribution in [0.1, 0.15) is 16.7 Å². The first-order valence-electron chi connectivity index (χ1n) is 18.2. The van der Waals surface area contributed by atoms with Gasteiger partial charge in [0.25, 0.3) is 0 Å². The summed E-state index contributed by atoms with van der Waals surface area (Å²) in [6, 6.07) is 27.9. The summed E-state index contributed by atoms with van der Waals surface area (Å²) >= 11 is 0. The van der Waals surface area contributed by atoms with Crippen molar-refractivity contribution in [1.29, 1.82) is 0 Å². The highest BCUT2D eigenvalue weighted by Crippen LogP contribution is 2.34. The summed E-state index contributed by atoms with van der Waals surface area (Å²) < 4.78 is 48.3. The number of aliphatic hydroxyl groups is 8. The van der Waals surface area contributed by atoms with E-state index in [9.17, 15) is 40.9 Å². The molecule has 3 heterocycles. The van der Waals surface area contributed by atoms with E-state index < -0.39 is 105 Å². The third-order valence-corrected chi connectivity index (χ3v) is 9.83. The number of rotatable bonds is 16. The predicted molar refractivity (Wildman–Crippen MR) is 188 cm³/mol. The monoisotopic (exact) mass is 774 g/mol. The number of aliphatic hydroxyl groups excluding tert-OH is 8. The van der Waals surface area contributed by atoms with Crippen molar-refractivity contribution in [2.45, 2.75) is 112 Å². The Bertz CT molecular complexity index is 1540. The molecule has 0 spiro atoms. The lowest BCUT2D eigenvalue weighted by Gasteiger charge is -2.49. The van der Waals surface area contributed by atoms with Gasteiger partial charge in [-0.3, -0.25) is 0 Å². The summed E-state index contributed by atoms with van der Waals surface area (Å²) in [6.07, 6.45) is -22.5. The Hall–Kier alpha value is -2.98. The van der Waals surface area contributed by atoms with Crippen molar-refractivity contribution < 1.29 is 78.7 Å². The van der Waals surface area contributed by atoms with Gasteiger partial charge in [-0.15, -0.1) is 0 Å². The minimum Gasteiger partial charge on any atom is -0.394 e. The highest BCUT2D eigenvalue weighted by molar-refractivity contribution is 5.15. The van der Waals surface area contributed by atoms with E-state index in [1.54, 1.807) is 0 Å². The predicted octanol–water partition coefficient (Wildman–Crippen LogP) is -0.899. The molecule has 0 unspecified atom stereocenters. The van der Waals surface area contributed by atoms with E-state index in [2.05, 4.69) is 0 Å². The molecule has 3 aliphatic rings. The van der Waals surface area contributed by atoms with Gasteiger partial charge in [0.05, 0.1) is 39.6 Å². The van der Waals surface area contributed by atoms with Crippen molar-refractivity contribution in [1.82, 2.24) is 0 Å². The molecule has 0 saturated carbocycles. The smallest absolute Gasteiger partial charge is 0.187 e. The molecule has 3 aromatic rings. The van der Waals surface area contributed by atoms with Crippen LogP contribution in [0.2, 0.25) is 0 Å². The minimum atomic E-state index is -1.85. The Morgan fingerprint density at radius 1 is 0.436 bits per heavy atom. The highest BCUT2D eigenvalue weighted by atomic mass is 16.8. The first-order chi connectivity index (χ1) is 26.7. The van der Waals surface area contributed by atoms with Gasteiger partial charge in [0.1, 0.15) is 73.2 Å². The normalized spacial score (nSPS) is 36.8. The molecule has 8 N–H and O–H groups in total. The van der Waals surface area contributed by atoms with Crippen molar-refractivity contribution in [3.05, 3.63) is 108 Å². The van der Waals surface area contributed by atoms with Gasteiger partial charge < -0.3 is 78.7 Å². The molecule has 55 heavy (non-hydrogen) atoms. The van der Waals surface area contributed by atoms with E-state index in [4.69, 9.17) is 37.9 Å². The van der Waals surface area contributed by atoms with E-state index in [0.717, 1.165) is 16.7 Å². The van der Waals surface area contributed by atoms with E-state index in [0.29, 0.717) is 0 Å². The summed E-state index contributed by atoms with van der Waals surface area (Å²) in [5, 5.41) is 85.1. The number of hydrogen-bond donors (Lipinski definition) is 8. The van der Waals surface area contributed by atoms with Gasteiger partial charge in [-0.2, -0.15) is 0 Å². The van der Waals surface area contributed by atoms with Crippen LogP contribution in [0.4, 0.5) is 0 Å². The maximum Gasteiger partial charge on any atom is 0.187 e. The molecule has 15 atom stereocenters. The lowest BCUT2D eigenvalue weighted by molar-refractivity contribution is -0.382. The van der Waals surface area contributed by atoms with Crippen LogP contribution in [-0.2, 0) is 57.7 Å². The fourth-order valence-electron chi connectivity index (χ4n) is 6.78. The molecule has 0 bridgehead atoms. The van der Waals surface area contributed by atoms with Crippen molar-refractivity contribution in [3.63, 3.8) is 0 Å². The third kappa shape index (κ3) is 10.3.